The highest BCUT2D eigenvalue weighted by molar-refractivity contribution is 5.93. The molecule has 1 heterocycles. The van der Waals surface area contributed by atoms with Crippen molar-refractivity contribution in [3.8, 4) is 5.75 Å². The van der Waals surface area contributed by atoms with Crippen LogP contribution in [0, 0.1) is 0 Å². The van der Waals surface area contributed by atoms with Crippen molar-refractivity contribution in [3.05, 3.63) is 78.0 Å². The number of hydrogen-bond acceptors (Lipinski definition) is 3. The van der Waals surface area contributed by atoms with Gasteiger partial charge in [-0.25, -0.2) is 4.68 Å². The number of carbonyl (C=O) groups is 1. The third kappa shape index (κ3) is 5.00. The second kappa shape index (κ2) is 8.30. The third-order valence-electron chi connectivity index (χ3n) is 4.55. The van der Waals surface area contributed by atoms with E-state index in [9.17, 15) is 4.79 Å². The Labute approximate surface area is 166 Å². The molecule has 3 aromatic rings. The van der Waals surface area contributed by atoms with Gasteiger partial charge in [-0.3, -0.25) is 4.79 Å². The monoisotopic (exact) mass is 377 g/mol. The summed E-state index contributed by atoms with van der Waals surface area (Å²) in [4.78, 5) is 12.6. The van der Waals surface area contributed by atoms with Gasteiger partial charge in [0.2, 0.25) is 0 Å². The Hall–Kier alpha value is -3.08. The van der Waals surface area contributed by atoms with E-state index in [1.54, 1.807) is 23.9 Å². The third-order valence-corrected chi connectivity index (χ3v) is 4.55. The first-order chi connectivity index (χ1) is 13.3. The van der Waals surface area contributed by atoms with Crippen LogP contribution in [0.2, 0.25) is 0 Å². The number of benzene rings is 2. The van der Waals surface area contributed by atoms with Gasteiger partial charge in [-0.15, -0.1) is 0 Å². The number of nitrogens with zero attached hydrogens (tertiary/aromatic N) is 2. The summed E-state index contributed by atoms with van der Waals surface area (Å²) in [6.07, 6.45) is 1.05. The van der Waals surface area contributed by atoms with Crippen molar-refractivity contribution >= 4 is 11.7 Å². The first kappa shape index (κ1) is 19.7. The lowest BCUT2D eigenvalue weighted by molar-refractivity contribution is -0.122. The molecule has 0 saturated carbocycles. The maximum atomic E-state index is 12.6. The maximum absolute atomic E-state index is 12.6. The summed E-state index contributed by atoms with van der Waals surface area (Å²) in [7, 11) is 0. The van der Waals surface area contributed by atoms with Crippen molar-refractivity contribution in [2.75, 3.05) is 5.32 Å². The van der Waals surface area contributed by atoms with Crippen LogP contribution in [0.3, 0.4) is 0 Å². The van der Waals surface area contributed by atoms with Crippen molar-refractivity contribution in [2.24, 2.45) is 0 Å². The Morgan fingerprint density at radius 3 is 2.39 bits per heavy atom. The Bertz CT molecular complexity index is 909. The van der Waals surface area contributed by atoms with Gasteiger partial charge < -0.3 is 10.1 Å². The smallest absolute Gasteiger partial charge is 0.266 e. The molecule has 0 unspecified atom stereocenters. The lowest BCUT2D eigenvalue weighted by atomic mass is 9.87. The van der Waals surface area contributed by atoms with Crippen molar-refractivity contribution < 1.29 is 9.53 Å². The highest BCUT2D eigenvalue weighted by atomic mass is 16.5. The number of ether oxygens (including phenoxy) is 1. The summed E-state index contributed by atoms with van der Waals surface area (Å²) in [6.45, 7) is 8.82. The zero-order chi connectivity index (χ0) is 20.1. The molecule has 1 aromatic heterocycles. The molecule has 0 aliphatic heterocycles. The van der Waals surface area contributed by atoms with Crippen LogP contribution >= 0.6 is 0 Å². The van der Waals surface area contributed by atoms with Crippen molar-refractivity contribution in [3.63, 3.8) is 0 Å². The molecule has 1 atom stereocenters. The van der Waals surface area contributed by atoms with Gasteiger partial charge in [0.1, 0.15) is 11.6 Å². The summed E-state index contributed by atoms with van der Waals surface area (Å²) in [5.41, 5.74) is 2.42. The molecular weight excluding hydrogens is 350 g/mol. The lowest BCUT2D eigenvalue weighted by Crippen LogP contribution is -2.31. The van der Waals surface area contributed by atoms with Gasteiger partial charge in [-0.1, -0.05) is 63.2 Å². The molecule has 0 saturated heterocycles. The van der Waals surface area contributed by atoms with Gasteiger partial charge in [0, 0.05) is 6.07 Å². The molecule has 0 aliphatic carbocycles. The first-order valence-electron chi connectivity index (χ1n) is 9.47. The fraction of sp³-hybridized carbons (Fsp3) is 0.304. The first-order valence-corrected chi connectivity index (χ1v) is 9.47. The summed E-state index contributed by atoms with van der Waals surface area (Å²) in [6, 6.07) is 19.7. The van der Waals surface area contributed by atoms with E-state index in [-0.39, 0.29) is 11.3 Å². The minimum atomic E-state index is -0.624. The zero-order valence-electron chi connectivity index (χ0n) is 16.8. The van der Waals surface area contributed by atoms with Gasteiger partial charge in [0.15, 0.2) is 6.10 Å². The molecule has 1 amide bonds. The van der Waals surface area contributed by atoms with Crippen LogP contribution < -0.4 is 10.1 Å². The normalized spacial score (nSPS) is 12.4. The molecule has 3 rings (SSSR count). The van der Waals surface area contributed by atoms with Crippen molar-refractivity contribution in [2.45, 2.75) is 45.8 Å². The average Bonchev–Trinajstić information content (AvgIpc) is 3.09. The van der Waals surface area contributed by atoms with Crippen LogP contribution in [0.25, 0.3) is 0 Å². The number of nitrogens with one attached hydrogen (secondary N) is 1. The summed E-state index contributed by atoms with van der Waals surface area (Å²) in [5, 5.41) is 7.20. The molecule has 0 radical (unpaired) electrons. The molecule has 28 heavy (non-hydrogen) atoms. The van der Waals surface area contributed by atoms with Crippen LogP contribution in [-0.4, -0.2) is 21.8 Å². The second-order valence-corrected chi connectivity index (χ2v) is 7.88. The van der Waals surface area contributed by atoms with Gasteiger partial charge >= 0.3 is 0 Å². The number of carbonyl (C=O) groups excluding carboxylic acids is 1. The Kier molecular flexibility index (Phi) is 5.83. The van der Waals surface area contributed by atoms with Gasteiger partial charge in [-0.2, -0.15) is 5.10 Å². The molecule has 0 bridgehead atoms. The van der Waals surface area contributed by atoms with E-state index < -0.39 is 6.10 Å². The minimum absolute atomic E-state index is 0.0820. The fourth-order valence-electron chi connectivity index (χ4n) is 2.84. The number of amides is 1. The Morgan fingerprint density at radius 1 is 1.07 bits per heavy atom. The van der Waals surface area contributed by atoms with E-state index in [0.29, 0.717) is 18.1 Å². The quantitative estimate of drug-likeness (QED) is 0.681. The van der Waals surface area contributed by atoms with E-state index in [1.807, 2.05) is 54.6 Å². The average molecular weight is 377 g/mol. The predicted molar refractivity (Wildman–Crippen MR) is 112 cm³/mol. The SMILES string of the molecule is C[C@@H](Oc1ccc(C(C)(C)C)cc1)C(=O)Nc1ccnn1Cc1ccccc1. The fourth-order valence-corrected chi connectivity index (χ4v) is 2.84. The minimum Gasteiger partial charge on any atom is -0.481 e. The van der Waals surface area contributed by atoms with Crippen molar-refractivity contribution in [1.82, 2.24) is 9.78 Å². The lowest BCUT2D eigenvalue weighted by Gasteiger charge is -2.20. The van der Waals surface area contributed by atoms with E-state index in [0.717, 1.165) is 5.56 Å². The van der Waals surface area contributed by atoms with E-state index >= 15 is 0 Å². The topological polar surface area (TPSA) is 56.1 Å². The van der Waals surface area contributed by atoms with Crippen LogP contribution in [0.15, 0.2) is 66.9 Å². The van der Waals surface area contributed by atoms with Gasteiger partial charge in [0.05, 0.1) is 12.7 Å². The molecule has 2 aromatic carbocycles. The van der Waals surface area contributed by atoms with Crippen LogP contribution in [-0.2, 0) is 16.8 Å². The number of rotatable bonds is 6. The van der Waals surface area contributed by atoms with Gasteiger partial charge in [0.25, 0.3) is 5.91 Å². The molecule has 0 spiro atoms. The van der Waals surface area contributed by atoms with Gasteiger partial charge in [-0.05, 0) is 35.6 Å². The van der Waals surface area contributed by atoms with E-state index in [2.05, 4.69) is 31.2 Å². The summed E-state index contributed by atoms with van der Waals surface area (Å²) >= 11 is 0. The molecule has 5 heteroatoms. The highest BCUT2D eigenvalue weighted by Crippen LogP contribution is 2.24. The standard InChI is InChI=1S/C23H27N3O2/c1-17(28-20-12-10-19(11-13-20)23(2,3)4)22(27)25-21-14-15-24-26(21)16-18-8-6-5-7-9-18/h5-15,17H,16H2,1-4H3,(H,25,27)/t17-/m1/s1. The molecule has 1 N–H and O–H groups in total. The second-order valence-electron chi connectivity index (χ2n) is 7.88. The summed E-state index contributed by atoms with van der Waals surface area (Å²) in [5.74, 6) is 1.11. The van der Waals surface area contributed by atoms with Crippen LogP contribution in [0.4, 0.5) is 5.82 Å². The maximum Gasteiger partial charge on any atom is 0.266 e. The van der Waals surface area contributed by atoms with E-state index in [4.69, 9.17) is 4.74 Å². The Balaban J connectivity index is 1.61. The number of aromatic nitrogens is 2. The summed E-state index contributed by atoms with van der Waals surface area (Å²) < 4.78 is 7.57. The zero-order valence-corrected chi connectivity index (χ0v) is 16.8. The molecule has 5 nitrogen and oxygen atoms in total. The van der Waals surface area contributed by atoms with Crippen molar-refractivity contribution in [1.29, 1.82) is 0 Å². The van der Waals surface area contributed by atoms with Crippen LogP contribution in [0.5, 0.6) is 5.75 Å². The largest absolute Gasteiger partial charge is 0.481 e. The highest BCUT2D eigenvalue weighted by Gasteiger charge is 2.18. The van der Waals surface area contributed by atoms with E-state index in [1.165, 1.54) is 5.56 Å². The molecular formula is C23H27N3O2. The Morgan fingerprint density at radius 2 is 1.75 bits per heavy atom. The molecule has 146 valence electrons. The van der Waals surface area contributed by atoms with Crippen LogP contribution in [0.1, 0.15) is 38.8 Å². The number of anilines is 1. The molecule has 0 fully saturated rings. The number of hydrogen-bond donors (Lipinski definition) is 1. The predicted octanol–water partition coefficient (Wildman–Crippen LogP) is 4.63. The molecule has 0 aliphatic rings.